The maximum atomic E-state index is 12.3. The zero-order valence-corrected chi connectivity index (χ0v) is 11.9. The van der Waals surface area contributed by atoms with Crippen molar-refractivity contribution in [3.05, 3.63) is 29.8 Å². The highest BCUT2D eigenvalue weighted by molar-refractivity contribution is 5.77. The van der Waals surface area contributed by atoms with Gasteiger partial charge in [0.1, 0.15) is 0 Å². The van der Waals surface area contributed by atoms with Crippen molar-refractivity contribution in [3.8, 4) is 0 Å². The largest absolute Gasteiger partial charge is 0.399 e. The monoisotopic (exact) mass is 260 g/mol. The van der Waals surface area contributed by atoms with Crippen LogP contribution in [0.5, 0.6) is 0 Å². The number of anilines is 1. The van der Waals surface area contributed by atoms with Gasteiger partial charge in [-0.25, -0.2) is 0 Å². The first-order chi connectivity index (χ1) is 9.10. The van der Waals surface area contributed by atoms with Gasteiger partial charge in [-0.3, -0.25) is 4.79 Å². The van der Waals surface area contributed by atoms with Crippen molar-refractivity contribution in [2.45, 2.75) is 39.0 Å². The molecule has 1 unspecified atom stereocenters. The summed E-state index contributed by atoms with van der Waals surface area (Å²) in [6.45, 7) is 5.94. The van der Waals surface area contributed by atoms with E-state index in [1.807, 2.05) is 29.2 Å². The summed E-state index contributed by atoms with van der Waals surface area (Å²) in [5.74, 6) is 1.29. The Labute approximate surface area is 115 Å². The highest BCUT2D eigenvalue weighted by Gasteiger charge is 2.26. The second-order valence-electron chi connectivity index (χ2n) is 5.65. The first-order valence-electron chi connectivity index (χ1n) is 7.23. The summed E-state index contributed by atoms with van der Waals surface area (Å²) >= 11 is 0. The van der Waals surface area contributed by atoms with E-state index in [4.69, 9.17) is 5.73 Å². The molecular weight excluding hydrogens is 236 g/mol. The van der Waals surface area contributed by atoms with Crippen LogP contribution < -0.4 is 5.73 Å². The maximum Gasteiger partial charge on any atom is 0.223 e. The molecule has 1 aromatic carbocycles. The Morgan fingerprint density at radius 2 is 2.00 bits per heavy atom. The lowest BCUT2D eigenvalue weighted by atomic mass is 9.97. The molecule has 1 amide bonds. The number of nitrogen functional groups attached to an aromatic ring is 1. The van der Waals surface area contributed by atoms with Crippen molar-refractivity contribution < 1.29 is 4.79 Å². The number of nitrogens with two attached hydrogens (primary N) is 1. The minimum atomic E-state index is 0.251. The van der Waals surface area contributed by atoms with Crippen LogP contribution in [0.25, 0.3) is 0 Å². The third kappa shape index (κ3) is 3.98. The van der Waals surface area contributed by atoms with Gasteiger partial charge in [0.15, 0.2) is 0 Å². The van der Waals surface area contributed by atoms with Crippen LogP contribution in [0.1, 0.15) is 44.6 Å². The van der Waals surface area contributed by atoms with Gasteiger partial charge in [0.2, 0.25) is 5.91 Å². The first kappa shape index (κ1) is 13.9. The molecule has 3 heteroatoms. The summed E-state index contributed by atoms with van der Waals surface area (Å²) in [6, 6.07) is 7.84. The zero-order chi connectivity index (χ0) is 13.8. The van der Waals surface area contributed by atoms with Crippen LogP contribution in [0.15, 0.2) is 24.3 Å². The topological polar surface area (TPSA) is 46.3 Å². The van der Waals surface area contributed by atoms with Crippen molar-refractivity contribution in [1.82, 2.24) is 4.90 Å². The van der Waals surface area contributed by atoms with Gasteiger partial charge in [0.05, 0.1) is 0 Å². The van der Waals surface area contributed by atoms with E-state index in [0.717, 1.165) is 24.7 Å². The molecule has 104 valence electrons. The fraction of sp³-hybridized carbons (Fsp3) is 0.562. The fourth-order valence-corrected chi connectivity index (χ4v) is 2.35. The van der Waals surface area contributed by atoms with E-state index in [2.05, 4.69) is 13.8 Å². The standard InChI is InChI=1S/C16H24N2O/c1-3-18(11-13-4-5-13)16(19)10-12(2)14-6-8-15(17)9-7-14/h6-9,12-13H,3-5,10-11,17H2,1-2H3. The minimum Gasteiger partial charge on any atom is -0.399 e. The fourth-order valence-electron chi connectivity index (χ4n) is 2.35. The Kier molecular flexibility index (Phi) is 4.46. The number of hydrogen-bond donors (Lipinski definition) is 1. The average molecular weight is 260 g/mol. The smallest absolute Gasteiger partial charge is 0.223 e. The number of nitrogens with zero attached hydrogens (tertiary/aromatic N) is 1. The molecule has 0 heterocycles. The quantitative estimate of drug-likeness (QED) is 0.799. The zero-order valence-electron chi connectivity index (χ0n) is 11.9. The van der Waals surface area contributed by atoms with Gasteiger partial charge < -0.3 is 10.6 Å². The van der Waals surface area contributed by atoms with Gasteiger partial charge in [-0.15, -0.1) is 0 Å². The number of carbonyl (C=O) groups is 1. The molecule has 0 aliphatic heterocycles. The highest BCUT2D eigenvalue weighted by Crippen LogP contribution is 2.30. The molecule has 1 atom stereocenters. The van der Waals surface area contributed by atoms with Crippen LogP contribution in [0, 0.1) is 5.92 Å². The molecule has 3 nitrogen and oxygen atoms in total. The Morgan fingerprint density at radius 1 is 1.37 bits per heavy atom. The Balaban J connectivity index is 1.90. The average Bonchev–Trinajstić information content (AvgIpc) is 3.20. The molecule has 1 aliphatic carbocycles. The Hall–Kier alpha value is -1.51. The number of carbonyl (C=O) groups excluding carboxylic acids is 1. The van der Waals surface area contributed by atoms with Crippen LogP contribution in [0.4, 0.5) is 5.69 Å². The number of benzene rings is 1. The van der Waals surface area contributed by atoms with E-state index in [0.29, 0.717) is 6.42 Å². The van der Waals surface area contributed by atoms with E-state index < -0.39 is 0 Å². The molecule has 1 saturated carbocycles. The normalized spacial score (nSPS) is 16.1. The van der Waals surface area contributed by atoms with Crippen molar-refractivity contribution in [2.24, 2.45) is 5.92 Å². The van der Waals surface area contributed by atoms with E-state index in [1.165, 1.54) is 18.4 Å². The van der Waals surface area contributed by atoms with Gasteiger partial charge in [-0.2, -0.15) is 0 Å². The van der Waals surface area contributed by atoms with E-state index >= 15 is 0 Å². The summed E-state index contributed by atoms with van der Waals surface area (Å²) in [4.78, 5) is 14.3. The molecule has 0 bridgehead atoms. The molecule has 1 aliphatic rings. The van der Waals surface area contributed by atoms with Crippen LogP contribution >= 0.6 is 0 Å². The lowest BCUT2D eigenvalue weighted by molar-refractivity contribution is -0.131. The summed E-state index contributed by atoms with van der Waals surface area (Å²) in [6.07, 6.45) is 3.17. The van der Waals surface area contributed by atoms with Crippen molar-refractivity contribution in [2.75, 3.05) is 18.8 Å². The lowest BCUT2D eigenvalue weighted by Gasteiger charge is -2.22. The van der Waals surface area contributed by atoms with Gasteiger partial charge in [0.25, 0.3) is 0 Å². The highest BCUT2D eigenvalue weighted by atomic mass is 16.2. The predicted octanol–water partition coefficient (Wildman–Crippen LogP) is 3.02. The summed E-state index contributed by atoms with van der Waals surface area (Å²) < 4.78 is 0. The van der Waals surface area contributed by atoms with Crippen molar-refractivity contribution in [1.29, 1.82) is 0 Å². The van der Waals surface area contributed by atoms with Crippen LogP contribution in [0.2, 0.25) is 0 Å². The molecule has 0 aromatic heterocycles. The van der Waals surface area contributed by atoms with Gasteiger partial charge in [0, 0.05) is 25.2 Å². The second-order valence-corrected chi connectivity index (χ2v) is 5.65. The molecule has 1 fully saturated rings. The third-order valence-electron chi connectivity index (χ3n) is 3.90. The molecule has 0 spiro atoms. The third-order valence-corrected chi connectivity index (χ3v) is 3.90. The predicted molar refractivity (Wildman–Crippen MR) is 78.9 cm³/mol. The lowest BCUT2D eigenvalue weighted by Crippen LogP contribution is -2.33. The van der Waals surface area contributed by atoms with E-state index in [1.54, 1.807) is 0 Å². The van der Waals surface area contributed by atoms with Crippen molar-refractivity contribution >= 4 is 11.6 Å². The molecule has 2 N–H and O–H groups in total. The Morgan fingerprint density at radius 3 is 2.53 bits per heavy atom. The van der Waals surface area contributed by atoms with E-state index in [9.17, 15) is 4.79 Å². The van der Waals surface area contributed by atoms with Gasteiger partial charge in [-0.05, 0) is 49.3 Å². The summed E-state index contributed by atoms with van der Waals surface area (Å²) in [5.41, 5.74) is 7.64. The summed E-state index contributed by atoms with van der Waals surface area (Å²) in [5, 5.41) is 0. The van der Waals surface area contributed by atoms with Crippen LogP contribution in [-0.2, 0) is 4.79 Å². The number of amides is 1. The van der Waals surface area contributed by atoms with Gasteiger partial charge >= 0.3 is 0 Å². The van der Waals surface area contributed by atoms with Crippen LogP contribution in [0.3, 0.4) is 0 Å². The first-order valence-corrected chi connectivity index (χ1v) is 7.23. The SMILES string of the molecule is CCN(CC1CC1)C(=O)CC(C)c1ccc(N)cc1. The molecular formula is C16H24N2O. The minimum absolute atomic E-state index is 0.251. The molecule has 0 radical (unpaired) electrons. The molecule has 19 heavy (non-hydrogen) atoms. The number of rotatable bonds is 6. The van der Waals surface area contributed by atoms with Gasteiger partial charge in [-0.1, -0.05) is 19.1 Å². The van der Waals surface area contributed by atoms with Crippen molar-refractivity contribution in [3.63, 3.8) is 0 Å². The number of hydrogen-bond acceptors (Lipinski definition) is 2. The molecule has 0 saturated heterocycles. The van der Waals surface area contributed by atoms with Crippen LogP contribution in [-0.4, -0.2) is 23.9 Å². The molecule has 1 aromatic rings. The maximum absolute atomic E-state index is 12.3. The Bertz CT molecular complexity index is 423. The summed E-state index contributed by atoms with van der Waals surface area (Å²) in [7, 11) is 0. The van der Waals surface area contributed by atoms with E-state index in [-0.39, 0.29) is 11.8 Å². The molecule has 2 rings (SSSR count). The second kappa shape index (κ2) is 6.09.